The number of amides is 2. The second-order valence-corrected chi connectivity index (χ2v) is 5.29. The van der Waals surface area contributed by atoms with Gasteiger partial charge in [0.05, 0.1) is 5.60 Å². The van der Waals surface area contributed by atoms with Crippen LogP contribution in [-0.2, 0) is 9.59 Å². The second kappa shape index (κ2) is 4.68. The second-order valence-electron chi connectivity index (χ2n) is 5.29. The molecule has 2 rings (SSSR count). The van der Waals surface area contributed by atoms with Gasteiger partial charge in [0, 0.05) is 33.0 Å². The van der Waals surface area contributed by atoms with Crippen LogP contribution in [0.2, 0.25) is 0 Å². The SMILES string of the molecule is CN1N=C(C(=O)N2CCCC(C)(O)C2)CCC1=O. The van der Waals surface area contributed by atoms with Gasteiger partial charge >= 0.3 is 0 Å². The van der Waals surface area contributed by atoms with Gasteiger partial charge in [-0.1, -0.05) is 0 Å². The molecule has 1 atom stereocenters. The zero-order chi connectivity index (χ0) is 13.3. The zero-order valence-corrected chi connectivity index (χ0v) is 10.8. The van der Waals surface area contributed by atoms with E-state index in [4.69, 9.17) is 0 Å². The van der Waals surface area contributed by atoms with Gasteiger partial charge in [-0.3, -0.25) is 9.59 Å². The monoisotopic (exact) mass is 253 g/mol. The van der Waals surface area contributed by atoms with Crippen LogP contribution in [0, 0.1) is 0 Å². The molecular formula is C12H19N3O3. The first kappa shape index (κ1) is 13.0. The summed E-state index contributed by atoms with van der Waals surface area (Å²) in [6.07, 6.45) is 2.22. The normalized spacial score (nSPS) is 29.3. The fraction of sp³-hybridized carbons (Fsp3) is 0.750. The van der Waals surface area contributed by atoms with Crippen LogP contribution in [0.4, 0.5) is 0 Å². The van der Waals surface area contributed by atoms with Crippen molar-refractivity contribution >= 4 is 17.5 Å². The van der Waals surface area contributed by atoms with E-state index in [1.54, 1.807) is 18.9 Å². The van der Waals surface area contributed by atoms with E-state index in [9.17, 15) is 14.7 Å². The van der Waals surface area contributed by atoms with Gasteiger partial charge in [-0.25, -0.2) is 5.01 Å². The van der Waals surface area contributed by atoms with Crippen molar-refractivity contribution in [1.82, 2.24) is 9.91 Å². The summed E-state index contributed by atoms with van der Waals surface area (Å²) in [4.78, 5) is 25.2. The summed E-state index contributed by atoms with van der Waals surface area (Å²) in [5.74, 6) is -0.230. The number of nitrogens with zero attached hydrogens (tertiary/aromatic N) is 3. The predicted octanol–water partition coefficient (Wildman–Crippen LogP) is -0.0320. The summed E-state index contributed by atoms with van der Waals surface area (Å²) in [7, 11) is 1.56. The first-order valence-electron chi connectivity index (χ1n) is 6.25. The maximum atomic E-state index is 12.2. The topological polar surface area (TPSA) is 73.2 Å². The molecule has 6 heteroatoms. The molecule has 2 amide bonds. The van der Waals surface area contributed by atoms with Gasteiger partial charge in [0.2, 0.25) is 5.91 Å². The van der Waals surface area contributed by atoms with E-state index in [0.29, 0.717) is 38.1 Å². The summed E-state index contributed by atoms with van der Waals surface area (Å²) in [5, 5.41) is 15.2. The maximum Gasteiger partial charge on any atom is 0.270 e. The Kier molecular flexibility index (Phi) is 3.38. The average molecular weight is 253 g/mol. The van der Waals surface area contributed by atoms with Gasteiger partial charge in [0.15, 0.2) is 0 Å². The number of hydrazone groups is 1. The highest BCUT2D eigenvalue weighted by molar-refractivity contribution is 6.39. The summed E-state index contributed by atoms with van der Waals surface area (Å²) < 4.78 is 0. The van der Waals surface area contributed by atoms with E-state index >= 15 is 0 Å². The lowest BCUT2D eigenvalue weighted by molar-refractivity contribution is -0.132. The third kappa shape index (κ3) is 2.69. The molecule has 100 valence electrons. The van der Waals surface area contributed by atoms with Crippen molar-refractivity contribution in [1.29, 1.82) is 0 Å². The Hall–Kier alpha value is -1.43. The number of rotatable bonds is 1. The van der Waals surface area contributed by atoms with Crippen molar-refractivity contribution in [2.24, 2.45) is 5.10 Å². The van der Waals surface area contributed by atoms with Crippen LogP contribution >= 0.6 is 0 Å². The number of β-amino-alcohol motifs (C(OH)–C–C–N with tert-alkyl or cyclic N) is 1. The molecule has 6 nitrogen and oxygen atoms in total. The van der Waals surface area contributed by atoms with Crippen LogP contribution < -0.4 is 0 Å². The van der Waals surface area contributed by atoms with Gasteiger partial charge in [0.25, 0.3) is 5.91 Å². The Bertz CT molecular complexity index is 403. The Morgan fingerprint density at radius 2 is 2.17 bits per heavy atom. The van der Waals surface area contributed by atoms with Gasteiger partial charge < -0.3 is 10.0 Å². The molecule has 0 aromatic rings. The number of hydrogen-bond donors (Lipinski definition) is 1. The van der Waals surface area contributed by atoms with Crippen LogP contribution in [0.1, 0.15) is 32.6 Å². The fourth-order valence-corrected chi connectivity index (χ4v) is 2.40. The average Bonchev–Trinajstić information content (AvgIpc) is 2.30. The molecule has 0 aromatic heterocycles. The quantitative estimate of drug-likeness (QED) is 0.713. The molecule has 0 bridgehead atoms. The Morgan fingerprint density at radius 1 is 1.44 bits per heavy atom. The van der Waals surface area contributed by atoms with Crippen LogP contribution in [-0.4, -0.2) is 58.3 Å². The molecule has 1 unspecified atom stereocenters. The molecule has 0 saturated carbocycles. The molecule has 1 N–H and O–H groups in total. The molecule has 2 aliphatic rings. The minimum atomic E-state index is -0.815. The molecule has 18 heavy (non-hydrogen) atoms. The molecule has 1 saturated heterocycles. The van der Waals surface area contributed by atoms with Gasteiger partial charge in [-0.2, -0.15) is 5.10 Å². The third-order valence-corrected chi connectivity index (χ3v) is 3.42. The minimum Gasteiger partial charge on any atom is -0.388 e. The number of carbonyl (C=O) groups excluding carboxylic acids is 2. The molecular weight excluding hydrogens is 234 g/mol. The Morgan fingerprint density at radius 3 is 2.78 bits per heavy atom. The number of carbonyl (C=O) groups is 2. The highest BCUT2D eigenvalue weighted by Gasteiger charge is 2.33. The van der Waals surface area contributed by atoms with Crippen LogP contribution in [0.3, 0.4) is 0 Å². The number of likely N-dealkylation sites (tertiary alicyclic amines) is 1. The molecule has 2 aliphatic heterocycles. The van der Waals surface area contributed by atoms with Gasteiger partial charge in [0.1, 0.15) is 5.71 Å². The van der Waals surface area contributed by atoms with E-state index in [-0.39, 0.29) is 11.8 Å². The van der Waals surface area contributed by atoms with E-state index < -0.39 is 5.60 Å². The lowest BCUT2D eigenvalue weighted by atomic mass is 9.94. The standard InChI is InChI=1S/C12H19N3O3/c1-12(18)6-3-7-15(8-12)11(17)9-4-5-10(16)14(2)13-9/h18H,3-8H2,1-2H3. The van der Waals surface area contributed by atoms with Crippen molar-refractivity contribution in [3.05, 3.63) is 0 Å². The predicted molar refractivity (Wildman–Crippen MR) is 65.9 cm³/mol. The van der Waals surface area contributed by atoms with Crippen LogP contribution in [0.25, 0.3) is 0 Å². The van der Waals surface area contributed by atoms with Crippen LogP contribution in [0.5, 0.6) is 0 Å². The smallest absolute Gasteiger partial charge is 0.270 e. The molecule has 2 heterocycles. The van der Waals surface area contributed by atoms with Crippen molar-refractivity contribution in [3.8, 4) is 0 Å². The van der Waals surface area contributed by atoms with E-state index in [2.05, 4.69) is 5.10 Å². The summed E-state index contributed by atoms with van der Waals surface area (Å²) in [5.41, 5.74) is -0.403. The number of hydrogen-bond acceptors (Lipinski definition) is 4. The first-order chi connectivity index (χ1) is 8.39. The number of piperidine rings is 1. The molecule has 0 aromatic carbocycles. The van der Waals surface area contributed by atoms with Gasteiger partial charge in [-0.15, -0.1) is 0 Å². The molecule has 0 aliphatic carbocycles. The maximum absolute atomic E-state index is 12.2. The lowest BCUT2D eigenvalue weighted by Gasteiger charge is -2.37. The Balaban J connectivity index is 2.08. The fourth-order valence-electron chi connectivity index (χ4n) is 2.40. The summed E-state index contributed by atoms with van der Waals surface area (Å²) >= 11 is 0. The molecule has 1 fully saturated rings. The third-order valence-electron chi connectivity index (χ3n) is 3.42. The molecule has 0 radical (unpaired) electrons. The van der Waals surface area contributed by atoms with Crippen molar-refractivity contribution < 1.29 is 14.7 Å². The van der Waals surface area contributed by atoms with Crippen molar-refractivity contribution in [2.75, 3.05) is 20.1 Å². The summed E-state index contributed by atoms with van der Waals surface area (Å²) in [6.45, 7) is 2.72. The minimum absolute atomic E-state index is 0.0720. The first-order valence-corrected chi connectivity index (χ1v) is 6.25. The van der Waals surface area contributed by atoms with Gasteiger partial charge in [-0.05, 0) is 19.8 Å². The Labute approximate surface area is 106 Å². The van der Waals surface area contributed by atoms with E-state index in [0.717, 1.165) is 6.42 Å². The highest BCUT2D eigenvalue weighted by atomic mass is 16.3. The van der Waals surface area contributed by atoms with Crippen molar-refractivity contribution in [3.63, 3.8) is 0 Å². The van der Waals surface area contributed by atoms with E-state index in [1.807, 2.05) is 0 Å². The summed E-state index contributed by atoms with van der Waals surface area (Å²) in [6, 6.07) is 0. The largest absolute Gasteiger partial charge is 0.388 e. The number of aliphatic hydroxyl groups is 1. The van der Waals surface area contributed by atoms with E-state index in [1.165, 1.54) is 5.01 Å². The zero-order valence-electron chi connectivity index (χ0n) is 10.8. The highest BCUT2D eigenvalue weighted by Crippen LogP contribution is 2.21. The van der Waals surface area contributed by atoms with Crippen molar-refractivity contribution in [2.45, 2.75) is 38.2 Å². The molecule has 0 spiro atoms. The lowest BCUT2D eigenvalue weighted by Crippen LogP contribution is -2.51. The van der Waals surface area contributed by atoms with Crippen LogP contribution in [0.15, 0.2) is 5.10 Å².